The van der Waals surface area contributed by atoms with E-state index in [1.807, 2.05) is 26.0 Å². The second-order valence-electron chi connectivity index (χ2n) is 3.87. The fourth-order valence-corrected chi connectivity index (χ4v) is 2.10. The summed E-state index contributed by atoms with van der Waals surface area (Å²) < 4.78 is 6.47. The van der Waals surface area contributed by atoms with E-state index >= 15 is 0 Å². The first-order chi connectivity index (χ1) is 8.00. The van der Waals surface area contributed by atoms with Crippen LogP contribution in [0.2, 0.25) is 0 Å². The van der Waals surface area contributed by atoms with Gasteiger partial charge in [-0.25, -0.2) is 0 Å². The Hall–Kier alpha value is -1.55. The van der Waals surface area contributed by atoms with E-state index in [1.54, 1.807) is 12.1 Å². The Kier molecular flexibility index (Phi) is 3.07. The summed E-state index contributed by atoms with van der Waals surface area (Å²) in [6.45, 7) is 4.04. The van der Waals surface area contributed by atoms with Gasteiger partial charge in [0, 0.05) is 10.0 Å². The van der Waals surface area contributed by atoms with Gasteiger partial charge in [-0.3, -0.25) is 4.79 Å². The molecule has 1 aromatic heterocycles. The lowest BCUT2D eigenvalue weighted by molar-refractivity contribution is 0.0974. The molecule has 0 saturated heterocycles. The van der Waals surface area contributed by atoms with Gasteiger partial charge in [-0.1, -0.05) is 15.9 Å². The summed E-state index contributed by atoms with van der Waals surface area (Å²) in [5, 5.41) is 0. The van der Waals surface area contributed by atoms with Crippen molar-refractivity contribution in [1.82, 2.24) is 0 Å². The lowest BCUT2D eigenvalue weighted by Crippen LogP contribution is -2.09. The van der Waals surface area contributed by atoms with E-state index in [2.05, 4.69) is 15.9 Å². The molecule has 0 radical (unpaired) electrons. The number of carbonyl (C=O) groups excluding carboxylic acids is 1. The Labute approximate surface area is 108 Å². The van der Waals surface area contributed by atoms with Gasteiger partial charge in [0.05, 0.1) is 0 Å². The first kappa shape index (κ1) is 11.9. The molecule has 2 N–H and O–H groups in total. The van der Waals surface area contributed by atoms with Gasteiger partial charge in [0.2, 0.25) is 0 Å². The number of rotatable bonds is 2. The van der Waals surface area contributed by atoms with Crippen molar-refractivity contribution in [2.45, 2.75) is 13.8 Å². The van der Waals surface area contributed by atoms with Gasteiger partial charge in [0.1, 0.15) is 5.76 Å². The highest BCUT2D eigenvalue weighted by Crippen LogP contribution is 2.30. The number of furan rings is 1. The van der Waals surface area contributed by atoms with E-state index < -0.39 is 5.91 Å². The van der Waals surface area contributed by atoms with E-state index in [0.29, 0.717) is 5.76 Å². The van der Waals surface area contributed by atoms with Crippen molar-refractivity contribution >= 4 is 21.8 Å². The SMILES string of the molecule is Cc1c(Br)ccc(-c2ccc(C(N)=O)o2)c1C. The molecule has 2 aromatic rings. The number of hydrogen-bond acceptors (Lipinski definition) is 2. The molecular formula is C13H12BrNO2. The maximum atomic E-state index is 11.0. The summed E-state index contributed by atoms with van der Waals surface area (Å²) in [4.78, 5) is 11.0. The van der Waals surface area contributed by atoms with Crippen LogP contribution in [-0.2, 0) is 0 Å². The molecule has 0 spiro atoms. The van der Waals surface area contributed by atoms with Crippen LogP contribution in [0.3, 0.4) is 0 Å². The summed E-state index contributed by atoms with van der Waals surface area (Å²) >= 11 is 3.48. The predicted octanol–water partition coefficient (Wildman–Crippen LogP) is 3.42. The van der Waals surface area contributed by atoms with Crippen LogP contribution < -0.4 is 5.73 Å². The summed E-state index contributed by atoms with van der Waals surface area (Å²) in [5.74, 6) is 0.287. The number of carbonyl (C=O) groups is 1. The Morgan fingerprint density at radius 2 is 1.88 bits per heavy atom. The van der Waals surface area contributed by atoms with Crippen molar-refractivity contribution in [3.8, 4) is 11.3 Å². The third kappa shape index (κ3) is 2.13. The highest BCUT2D eigenvalue weighted by Gasteiger charge is 2.12. The van der Waals surface area contributed by atoms with Gasteiger partial charge in [0.25, 0.3) is 5.91 Å². The summed E-state index contributed by atoms with van der Waals surface area (Å²) in [6, 6.07) is 7.27. The third-order valence-electron chi connectivity index (χ3n) is 2.84. The molecule has 0 unspecified atom stereocenters. The molecule has 0 aliphatic rings. The van der Waals surface area contributed by atoms with Gasteiger partial charge in [-0.2, -0.15) is 0 Å². The molecule has 88 valence electrons. The minimum atomic E-state index is -0.553. The standard InChI is InChI=1S/C13H12BrNO2/c1-7-8(2)10(14)4-3-9(7)11-5-6-12(17-11)13(15)16/h3-6H,1-2H3,(H2,15,16). The minimum Gasteiger partial charge on any atom is -0.451 e. The van der Waals surface area contributed by atoms with Gasteiger partial charge >= 0.3 is 0 Å². The Bertz CT molecular complexity index is 587. The maximum absolute atomic E-state index is 11.0. The van der Waals surface area contributed by atoms with Crippen LogP contribution in [0, 0.1) is 13.8 Å². The zero-order valence-corrected chi connectivity index (χ0v) is 11.2. The van der Waals surface area contributed by atoms with Crippen molar-refractivity contribution in [2.75, 3.05) is 0 Å². The van der Waals surface area contributed by atoms with Crippen LogP contribution in [-0.4, -0.2) is 5.91 Å². The lowest BCUT2D eigenvalue weighted by atomic mass is 10.0. The van der Waals surface area contributed by atoms with E-state index in [1.165, 1.54) is 0 Å². The van der Waals surface area contributed by atoms with Gasteiger partial charge in [0.15, 0.2) is 5.76 Å². The minimum absolute atomic E-state index is 0.181. The highest BCUT2D eigenvalue weighted by molar-refractivity contribution is 9.10. The van der Waals surface area contributed by atoms with E-state index in [9.17, 15) is 4.79 Å². The summed E-state index contributed by atoms with van der Waals surface area (Å²) in [6.07, 6.45) is 0. The predicted molar refractivity (Wildman–Crippen MR) is 69.8 cm³/mol. The number of primary amides is 1. The van der Waals surface area contributed by atoms with Crippen molar-refractivity contribution in [2.24, 2.45) is 5.73 Å². The van der Waals surface area contributed by atoms with Crippen LogP contribution in [0.5, 0.6) is 0 Å². The van der Waals surface area contributed by atoms with Gasteiger partial charge in [-0.15, -0.1) is 0 Å². The summed E-state index contributed by atoms with van der Waals surface area (Å²) in [7, 11) is 0. The van der Waals surface area contributed by atoms with Crippen LogP contribution in [0.25, 0.3) is 11.3 Å². The average molecular weight is 294 g/mol. The summed E-state index contributed by atoms with van der Waals surface area (Å²) in [5.41, 5.74) is 8.40. The Balaban J connectivity index is 2.53. The first-order valence-corrected chi connectivity index (χ1v) is 5.95. The number of halogens is 1. The van der Waals surface area contributed by atoms with Crippen LogP contribution in [0.4, 0.5) is 0 Å². The van der Waals surface area contributed by atoms with Crippen LogP contribution >= 0.6 is 15.9 Å². The van der Waals surface area contributed by atoms with Gasteiger partial charge in [-0.05, 0) is 49.2 Å². The van der Waals surface area contributed by atoms with Crippen molar-refractivity contribution in [3.05, 3.63) is 45.6 Å². The van der Waals surface area contributed by atoms with Crippen LogP contribution in [0.15, 0.2) is 33.2 Å². The monoisotopic (exact) mass is 293 g/mol. The zero-order chi connectivity index (χ0) is 12.6. The average Bonchev–Trinajstić information content (AvgIpc) is 2.75. The fraction of sp³-hybridized carbons (Fsp3) is 0.154. The molecule has 0 bridgehead atoms. The first-order valence-electron chi connectivity index (χ1n) is 5.16. The topological polar surface area (TPSA) is 56.2 Å². The Morgan fingerprint density at radius 3 is 2.47 bits per heavy atom. The molecule has 0 aliphatic heterocycles. The molecule has 3 nitrogen and oxygen atoms in total. The third-order valence-corrected chi connectivity index (χ3v) is 3.69. The van der Waals surface area contributed by atoms with E-state index in [4.69, 9.17) is 10.2 Å². The van der Waals surface area contributed by atoms with E-state index in [-0.39, 0.29) is 5.76 Å². The smallest absolute Gasteiger partial charge is 0.284 e. The molecule has 2 rings (SSSR count). The van der Waals surface area contributed by atoms with Gasteiger partial charge < -0.3 is 10.2 Å². The van der Waals surface area contributed by atoms with Crippen LogP contribution in [0.1, 0.15) is 21.7 Å². The Morgan fingerprint density at radius 1 is 1.18 bits per heavy atom. The molecule has 1 aromatic carbocycles. The number of benzene rings is 1. The normalized spacial score (nSPS) is 10.5. The second-order valence-corrected chi connectivity index (χ2v) is 4.73. The van der Waals surface area contributed by atoms with Crippen molar-refractivity contribution in [3.63, 3.8) is 0 Å². The largest absolute Gasteiger partial charge is 0.451 e. The molecule has 0 saturated carbocycles. The maximum Gasteiger partial charge on any atom is 0.284 e. The molecule has 1 heterocycles. The van der Waals surface area contributed by atoms with Crippen molar-refractivity contribution in [1.29, 1.82) is 0 Å². The quantitative estimate of drug-likeness (QED) is 0.922. The lowest BCUT2D eigenvalue weighted by Gasteiger charge is -2.07. The molecule has 17 heavy (non-hydrogen) atoms. The molecule has 0 fully saturated rings. The molecule has 0 aliphatic carbocycles. The number of nitrogens with two attached hydrogens (primary N) is 1. The van der Waals surface area contributed by atoms with E-state index in [0.717, 1.165) is 21.2 Å². The fourth-order valence-electron chi connectivity index (χ4n) is 1.67. The molecule has 1 amide bonds. The number of hydrogen-bond donors (Lipinski definition) is 1. The molecule has 4 heteroatoms. The zero-order valence-electron chi connectivity index (χ0n) is 9.58. The highest BCUT2D eigenvalue weighted by atomic mass is 79.9. The molecular weight excluding hydrogens is 282 g/mol. The second kappa shape index (κ2) is 4.37. The van der Waals surface area contributed by atoms with Crippen molar-refractivity contribution < 1.29 is 9.21 Å². The number of amides is 1. The molecule has 0 atom stereocenters.